The van der Waals surface area contributed by atoms with Gasteiger partial charge in [-0.15, -0.1) is 0 Å². The molecule has 3 rings (SSSR count). The molecule has 1 amide bonds. The minimum Gasteiger partial charge on any atom is -0.311 e. The van der Waals surface area contributed by atoms with Crippen molar-refractivity contribution in [2.24, 2.45) is 5.92 Å². The van der Waals surface area contributed by atoms with Gasteiger partial charge >= 0.3 is 0 Å². The average Bonchev–Trinajstić information content (AvgIpc) is 2.87. The Labute approximate surface area is 165 Å². The number of fused-ring (bicyclic) bond motifs is 1. The highest BCUT2D eigenvalue weighted by molar-refractivity contribution is 7.92. The topological polar surface area (TPSA) is 66.5 Å². The molecule has 0 atom stereocenters. The first-order valence-electron chi connectivity index (χ1n) is 8.75. The van der Waals surface area contributed by atoms with Gasteiger partial charge in [0.25, 0.3) is 10.0 Å². The molecule has 7 heteroatoms. The second kappa shape index (κ2) is 6.84. The van der Waals surface area contributed by atoms with E-state index in [2.05, 4.69) is 4.72 Å². The van der Waals surface area contributed by atoms with E-state index in [0.29, 0.717) is 17.3 Å². The van der Waals surface area contributed by atoms with Gasteiger partial charge in [0.1, 0.15) is 0 Å². The Morgan fingerprint density at radius 2 is 1.78 bits per heavy atom. The monoisotopic (exact) mass is 406 g/mol. The fourth-order valence-electron chi connectivity index (χ4n) is 3.27. The van der Waals surface area contributed by atoms with Crippen LogP contribution in [-0.4, -0.2) is 20.9 Å². The number of benzene rings is 2. The van der Waals surface area contributed by atoms with Crippen LogP contribution in [-0.2, 0) is 20.2 Å². The van der Waals surface area contributed by atoms with Crippen LogP contribution in [0.15, 0.2) is 47.4 Å². The number of anilines is 2. The van der Waals surface area contributed by atoms with Crippen molar-refractivity contribution in [2.45, 2.75) is 38.0 Å². The molecule has 0 aromatic heterocycles. The van der Waals surface area contributed by atoms with Crippen LogP contribution in [0.2, 0.25) is 5.02 Å². The lowest BCUT2D eigenvalue weighted by atomic mass is 9.87. The summed E-state index contributed by atoms with van der Waals surface area (Å²) < 4.78 is 28.2. The zero-order valence-corrected chi connectivity index (χ0v) is 17.4. The van der Waals surface area contributed by atoms with Crippen molar-refractivity contribution in [1.82, 2.24) is 0 Å². The molecule has 1 N–H and O–H groups in total. The first kappa shape index (κ1) is 19.7. The zero-order chi connectivity index (χ0) is 20.0. The molecular weight excluding hydrogens is 384 g/mol. The van der Waals surface area contributed by atoms with E-state index in [1.165, 1.54) is 0 Å². The Kier molecular flexibility index (Phi) is 4.99. The number of rotatable bonds is 4. The highest BCUT2D eigenvalue weighted by Crippen LogP contribution is 2.42. The standard InChI is InChI=1S/C20H23ClN2O3S/c1-13(2)19(24)23-12-20(3,4)17-11-16(9-10-18(17)23)27(25,26)22-15-7-5-14(21)6-8-15/h5-11,13,22H,12H2,1-4H3. The summed E-state index contributed by atoms with van der Waals surface area (Å²) in [4.78, 5) is 14.5. The fraction of sp³-hybridized carbons (Fsp3) is 0.350. The molecule has 27 heavy (non-hydrogen) atoms. The molecule has 0 fully saturated rings. The lowest BCUT2D eigenvalue weighted by molar-refractivity contribution is -0.121. The molecule has 0 saturated heterocycles. The van der Waals surface area contributed by atoms with E-state index in [1.807, 2.05) is 27.7 Å². The summed E-state index contributed by atoms with van der Waals surface area (Å²) in [6.45, 7) is 8.29. The van der Waals surface area contributed by atoms with Crippen molar-refractivity contribution < 1.29 is 13.2 Å². The highest BCUT2D eigenvalue weighted by Gasteiger charge is 2.39. The van der Waals surface area contributed by atoms with Crippen LogP contribution in [0.3, 0.4) is 0 Å². The number of halogens is 1. The number of carbonyl (C=O) groups excluding carboxylic acids is 1. The third-order valence-electron chi connectivity index (χ3n) is 4.71. The molecule has 144 valence electrons. The summed E-state index contributed by atoms with van der Waals surface area (Å²) in [7, 11) is -3.75. The maximum absolute atomic E-state index is 12.8. The van der Waals surface area contributed by atoms with E-state index in [0.717, 1.165) is 11.3 Å². The van der Waals surface area contributed by atoms with Gasteiger partial charge in [-0.05, 0) is 48.0 Å². The summed E-state index contributed by atoms with van der Waals surface area (Å²) in [5.74, 6) is -0.0848. The van der Waals surface area contributed by atoms with E-state index in [1.54, 1.807) is 47.4 Å². The average molecular weight is 407 g/mol. The molecule has 0 bridgehead atoms. The Morgan fingerprint density at radius 1 is 1.15 bits per heavy atom. The van der Waals surface area contributed by atoms with Crippen LogP contribution in [0.25, 0.3) is 0 Å². The molecule has 1 aliphatic rings. The van der Waals surface area contributed by atoms with Crippen molar-refractivity contribution in [3.05, 3.63) is 53.1 Å². The van der Waals surface area contributed by atoms with Crippen LogP contribution in [0.1, 0.15) is 33.3 Å². The number of hydrogen-bond acceptors (Lipinski definition) is 3. The van der Waals surface area contributed by atoms with E-state index >= 15 is 0 Å². The molecule has 2 aromatic rings. The molecule has 2 aromatic carbocycles. The molecule has 0 spiro atoms. The number of amides is 1. The SMILES string of the molecule is CC(C)C(=O)N1CC(C)(C)c2cc(S(=O)(=O)Nc3ccc(Cl)cc3)ccc21. The van der Waals surface area contributed by atoms with Crippen LogP contribution in [0, 0.1) is 5.92 Å². The highest BCUT2D eigenvalue weighted by atomic mass is 35.5. The summed E-state index contributed by atoms with van der Waals surface area (Å²) in [6.07, 6.45) is 0. The molecule has 5 nitrogen and oxygen atoms in total. The van der Waals surface area contributed by atoms with E-state index < -0.39 is 10.0 Å². The summed E-state index contributed by atoms with van der Waals surface area (Å²) >= 11 is 5.85. The number of nitrogens with zero attached hydrogens (tertiary/aromatic N) is 1. The smallest absolute Gasteiger partial charge is 0.261 e. The number of nitrogens with one attached hydrogen (secondary N) is 1. The maximum Gasteiger partial charge on any atom is 0.261 e. The van der Waals surface area contributed by atoms with Crippen LogP contribution in [0.5, 0.6) is 0 Å². The molecule has 0 saturated carbocycles. The van der Waals surface area contributed by atoms with Crippen molar-refractivity contribution in [1.29, 1.82) is 0 Å². The lowest BCUT2D eigenvalue weighted by Crippen LogP contribution is -2.36. The predicted molar refractivity (Wildman–Crippen MR) is 109 cm³/mol. The summed E-state index contributed by atoms with van der Waals surface area (Å²) in [5, 5.41) is 0.534. The van der Waals surface area contributed by atoms with Crippen molar-refractivity contribution in [3.63, 3.8) is 0 Å². The Bertz CT molecular complexity index is 983. The minimum absolute atomic E-state index is 0.0386. The Morgan fingerprint density at radius 3 is 2.37 bits per heavy atom. The molecule has 0 unspecified atom stereocenters. The number of sulfonamides is 1. The van der Waals surface area contributed by atoms with Gasteiger partial charge in [-0.3, -0.25) is 9.52 Å². The predicted octanol–water partition coefficient (Wildman–Crippen LogP) is 4.42. The minimum atomic E-state index is -3.75. The van der Waals surface area contributed by atoms with E-state index in [-0.39, 0.29) is 22.1 Å². The van der Waals surface area contributed by atoms with E-state index in [4.69, 9.17) is 11.6 Å². The van der Waals surface area contributed by atoms with Gasteiger partial charge in [-0.1, -0.05) is 39.3 Å². The Balaban J connectivity index is 1.97. The largest absolute Gasteiger partial charge is 0.311 e. The van der Waals surface area contributed by atoms with Crippen LogP contribution >= 0.6 is 11.6 Å². The fourth-order valence-corrected chi connectivity index (χ4v) is 4.48. The maximum atomic E-state index is 12.8. The van der Waals surface area contributed by atoms with Crippen molar-refractivity contribution in [3.8, 4) is 0 Å². The Hall–Kier alpha value is -2.05. The van der Waals surface area contributed by atoms with Gasteiger partial charge in [0.05, 0.1) is 4.90 Å². The van der Waals surface area contributed by atoms with Gasteiger partial charge in [0, 0.05) is 34.3 Å². The second-order valence-corrected chi connectivity index (χ2v) is 9.87. The second-order valence-electron chi connectivity index (χ2n) is 7.75. The number of hydrogen-bond donors (Lipinski definition) is 1. The molecule has 1 aliphatic heterocycles. The first-order chi connectivity index (χ1) is 12.5. The van der Waals surface area contributed by atoms with Crippen LogP contribution < -0.4 is 9.62 Å². The van der Waals surface area contributed by atoms with Gasteiger partial charge in [0.2, 0.25) is 5.91 Å². The quantitative estimate of drug-likeness (QED) is 0.817. The molecule has 0 radical (unpaired) electrons. The molecular formula is C20H23ClN2O3S. The van der Waals surface area contributed by atoms with Crippen molar-refractivity contribution in [2.75, 3.05) is 16.2 Å². The van der Waals surface area contributed by atoms with Crippen molar-refractivity contribution >= 4 is 38.9 Å². The lowest BCUT2D eigenvalue weighted by Gasteiger charge is -2.22. The summed E-state index contributed by atoms with van der Waals surface area (Å²) in [5.41, 5.74) is 1.75. The van der Waals surface area contributed by atoms with Gasteiger partial charge in [-0.2, -0.15) is 0 Å². The first-order valence-corrected chi connectivity index (χ1v) is 10.6. The number of carbonyl (C=O) groups is 1. The van der Waals surface area contributed by atoms with Gasteiger partial charge in [-0.25, -0.2) is 8.42 Å². The van der Waals surface area contributed by atoms with Gasteiger partial charge < -0.3 is 4.90 Å². The third kappa shape index (κ3) is 3.82. The van der Waals surface area contributed by atoms with Crippen LogP contribution in [0.4, 0.5) is 11.4 Å². The summed E-state index contributed by atoms with van der Waals surface area (Å²) in [6, 6.07) is 11.4. The molecule has 0 aliphatic carbocycles. The van der Waals surface area contributed by atoms with E-state index in [9.17, 15) is 13.2 Å². The third-order valence-corrected chi connectivity index (χ3v) is 6.34. The zero-order valence-electron chi connectivity index (χ0n) is 15.8. The normalized spacial score (nSPS) is 15.7. The van der Waals surface area contributed by atoms with Gasteiger partial charge in [0.15, 0.2) is 0 Å². The molecule has 1 heterocycles.